The Morgan fingerprint density at radius 1 is 0.547 bits per heavy atom. The second kappa shape index (κ2) is 25.7. The molecule has 0 nitrogen and oxygen atoms in total. The molecule has 8 aromatic rings. The number of hydrogen-bond donors (Lipinski definition) is 0. The summed E-state index contributed by atoms with van der Waals surface area (Å²) in [5.41, 5.74) is 28.9. The van der Waals surface area contributed by atoms with Crippen LogP contribution in [0.1, 0.15) is 131 Å². The van der Waals surface area contributed by atoms with Crippen LogP contribution in [0.15, 0.2) is 256 Å². The summed E-state index contributed by atoms with van der Waals surface area (Å²) in [5, 5.41) is 0. The van der Waals surface area contributed by atoms with Crippen LogP contribution in [-0.4, -0.2) is 6.71 Å². The highest BCUT2D eigenvalue weighted by atomic mass is 32.3. The Morgan fingerprint density at radius 2 is 1.22 bits per heavy atom. The van der Waals surface area contributed by atoms with Gasteiger partial charge in [-0.2, -0.15) is 0 Å². The number of hydrogen-bond acceptors (Lipinski definition) is 0. The minimum Gasteiger partial charge on any atom is -0.132 e. The molecule has 0 N–H and O–H groups in total. The molecule has 0 radical (unpaired) electrons. The predicted molar refractivity (Wildman–Crippen MR) is 376 cm³/mol. The van der Waals surface area contributed by atoms with Crippen LogP contribution in [0, 0.1) is 74.1 Å². The van der Waals surface area contributed by atoms with Crippen molar-refractivity contribution in [3.63, 3.8) is 0 Å². The van der Waals surface area contributed by atoms with Crippen molar-refractivity contribution in [3.05, 3.63) is 313 Å². The van der Waals surface area contributed by atoms with Crippen molar-refractivity contribution >= 4 is 38.7 Å². The van der Waals surface area contributed by atoms with E-state index in [0.717, 1.165) is 38.0 Å². The molecule has 86 heavy (non-hydrogen) atoms. The van der Waals surface area contributed by atoms with Gasteiger partial charge in [-0.05, 0) is 222 Å². The Bertz CT molecular complexity index is 3990. The van der Waals surface area contributed by atoms with Crippen molar-refractivity contribution in [1.29, 1.82) is 0 Å². The summed E-state index contributed by atoms with van der Waals surface area (Å²) in [6.45, 7) is 29.1. The molecule has 2 heteroatoms. The lowest BCUT2D eigenvalue weighted by molar-refractivity contribution is 0.326. The quantitative estimate of drug-likeness (QED) is 0.0894. The Kier molecular flexibility index (Phi) is 18.0. The van der Waals surface area contributed by atoms with E-state index in [2.05, 4.69) is 269 Å². The molecule has 1 heterocycles. The second-order valence-electron chi connectivity index (χ2n) is 25.4. The molecule has 0 spiro atoms. The van der Waals surface area contributed by atoms with Crippen LogP contribution in [0.25, 0.3) is 16.7 Å². The molecule has 1 aliphatic heterocycles. The summed E-state index contributed by atoms with van der Waals surface area (Å²) in [6, 6.07) is 62.9. The highest BCUT2D eigenvalue weighted by Crippen LogP contribution is 2.77. The number of benzene rings is 8. The van der Waals surface area contributed by atoms with Gasteiger partial charge in [-0.3, -0.25) is 0 Å². The van der Waals surface area contributed by atoms with Crippen molar-refractivity contribution in [2.24, 2.45) is 11.8 Å². The standard InChI is InChI=1S/C75H75BS.C7H8.C2H6/c1-49-27-35-70(54(6)39-49)76(74-56(8)40-50(2)41-57(74)9)65-34-29-52(4)68(46-65)67-45-60(31-28-51(67)3)59-22-18-19-58(30-32-59)37-38-75(47-63-42-53(5)69(63)48-75)64-33-36-71(55(7)43-64)77(66-23-12-10-11-13-24-66)72-25-16-14-20-61(72)44-62-21-15-17-26-73(62)77;1-7-5-3-2-4-6-7;1-2/h10-12,14-18,20-36,39-41,43,45-46,63,69H,5,13,19,37-38,42,44,47-48H2,1-4,6-9H3;2-6H,1H3;1-2H3. The minimum absolute atomic E-state index is 0.115. The maximum Gasteiger partial charge on any atom is 0.242 e. The molecule has 0 bridgehead atoms. The summed E-state index contributed by atoms with van der Waals surface area (Å²) in [7, 11) is -1.75. The largest absolute Gasteiger partial charge is 0.242 e. The van der Waals surface area contributed by atoms with Crippen molar-refractivity contribution < 1.29 is 0 Å². The fraction of sp³-hybridized carbons (Fsp3) is 0.262. The Hall–Kier alpha value is -7.65. The second-order valence-corrected chi connectivity index (χ2v) is 28.5. The molecule has 3 unspecified atom stereocenters. The predicted octanol–water partition coefficient (Wildman–Crippen LogP) is 20.9. The van der Waals surface area contributed by atoms with E-state index in [4.69, 9.17) is 0 Å². The van der Waals surface area contributed by atoms with Crippen LogP contribution in [0.4, 0.5) is 0 Å². The zero-order chi connectivity index (χ0) is 60.3. The van der Waals surface area contributed by atoms with Gasteiger partial charge in [-0.25, -0.2) is 0 Å². The van der Waals surface area contributed by atoms with Gasteiger partial charge in [0, 0.05) is 14.7 Å². The van der Waals surface area contributed by atoms with Gasteiger partial charge in [0.2, 0.25) is 6.71 Å². The molecule has 434 valence electrons. The van der Waals surface area contributed by atoms with Gasteiger partial charge in [0.05, 0.1) is 0 Å². The van der Waals surface area contributed by atoms with E-state index in [1.807, 2.05) is 32.0 Å². The van der Waals surface area contributed by atoms with E-state index in [-0.39, 0.29) is 12.1 Å². The van der Waals surface area contributed by atoms with Gasteiger partial charge >= 0.3 is 0 Å². The minimum atomic E-state index is -1.75. The topological polar surface area (TPSA) is 0 Å². The third-order valence-electron chi connectivity index (χ3n) is 19.6. The maximum absolute atomic E-state index is 4.61. The van der Waals surface area contributed by atoms with E-state index < -0.39 is 10.0 Å². The smallest absolute Gasteiger partial charge is 0.132 e. The Morgan fingerprint density at radius 3 is 1.88 bits per heavy atom. The van der Waals surface area contributed by atoms with E-state index >= 15 is 0 Å². The zero-order valence-electron chi connectivity index (χ0n) is 53.3. The molecule has 0 saturated heterocycles. The molecule has 8 aromatic carbocycles. The third kappa shape index (κ3) is 11.7. The fourth-order valence-electron chi connectivity index (χ4n) is 15.3. The van der Waals surface area contributed by atoms with E-state index in [1.54, 1.807) is 0 Å². The van der Waals surface area contributed by atoms with Gasteiger partial charge in [0.1, 0.15) is 0 Å². The van der Waals surface area contributed by atoms with Gasteiger partial charge in [-0.15, -0.1) is 10.0 Å². The van der Waals surface area contributed by atoms with Crippen LogP contribution in [0.2, 0.25) is 0 Å². The molecule has 5 aliphatic rings. The van der Waals surface area contributed by atoms with Crippen molar-refractivity contribution in [2.75, 3.05) is 0 Å². The number of allylic oxidation sites excluding steroid dienone is 12. The first-order chi connectivity index (χ1) is 41.7. The third-order valence-corrected chi connectivity index (χ3v) is 23.8. The summed E-state index contributed by atoms with van der Waals surface area (Å²) >= 11 is 0. The average Bonchev–Trinajstić information content (AvgIpc) is 0.857. The summed E-state index contributed by atoms with van der Waals surface area (Å²) in [4.78, 5) is 5.95. The van der Waals surface area contributed by atoms with Gasteiger partial charge in [-0.1, -0.05) is 269 Å². The van der Waals surface area contributed by atoms with Crippen LogP contribution in [0.3, 0.4) is 0 Å². The van der Waals surface area contributed by atoms with Crippen molar-refractivity contribution in [2.45, 2.75) is 148 Å². The molecule has 0 aromatic heterocycles. The fourth-order valence-corrected chi connectivity index (χ4v) is 19.9. The van der Waals surface area contributed by atoms with Crippen molar-refractivity contribution in [1.82, 2.24) is 0 Å². The first-order valence-corrected chi connectivity index (χ1v) is 33.6. The van der Waals surface area contributed by atoms with Gasteiger partial charge < -0.3 is 0 Å². The monoisotopic (exact) mass is 1140 g/mol. The number of rotatable bonds is 11. The van der Waals surface area contributed by atoms with Crippen LogP contribution in [-0.2, 0) is 11.8 Å². The lowest BCUT2D eigenvalue weighted by Gasteiger charge is -2.48. The molecule has 2 saturated carbocycles. The first-order valence-electron chi connectivity index (χ1n) is 32.0. The maximum atomic E-state index is 4.61. The van der Waals surface area contributed by atoms with E-state index in [0.29, 0.717) is 5.92 Å². The summed E-state index contributed by atoms with van der Waals surface area (Å²) < 4.78 is 0. The van der Waals surface area contributed by atoms with Crippen molar-refractivity contribution in [3.8, 4) is 11.1 Å². The van der Waals surface area contributed by atoms with Crippen LogP contribution >= 0.6 is 10.0 Å². The lowest BCUT2D eigenvalue weighted by atomic mass is 9.34. The zero-order valence-corrected chi connectivity index (χ0v) is 54.1. The van der Waals surface area contributed by atoms with E-state index in [1.165, 1.54) is 155 Å². The normalized spacial score (nSPS) is 19.1. The highest BCUT2D eigenvalue weighted by Gasteiger charge is 2.52. The summed E-state index contributed by atoms with van der Waals surface area (Å²) in [5.74, 6) is 1.38. The van der Waals surface area contributed by atoms with E-state index in [9.17, 15) is 0 Å². The van der Waals surface area contributed by atoms with Gasteiger partial charge in [0.15, 0.2) is 0 Å². The lowest BCUT2D eigenvalue weighted by Crippen LogP contribution is -2.55. The van der Waals surface area contributed by atoms with Crippen LogP contribution in [0.5, 0.6) is 0 Å². The Balaban J connectivity index is 0.000000790. The average molecular weight is 1140 g/mol. The molecule has 4 aliphatic carbocycles. The first kappa shape index (κ1) is 60.1. The highest BCUT2D eigenvalue weighted by molar-refractivity contribution is 8.37. The van der Waals surface area contributed by atoms with Crippen LogP contribution < -0.4 is 16.4 Å². The Labute approximate surface area is 519 Å². The number of aryl methyl sites for hydroxylation is 9. The number of fused-ring (bicyclic) bond motifs is 3. The summed E-state index contributed by atoms with van der Waals surface area (Å²) in [6.07, 6.45) is 30.3. The molecule has 13 rings (SSSR count). The molecular weight excluding hydrogens is 1050 g/mol. The SMILES string of the molecule is C=C1CC2CC(CCC3=CC=C(c4ccc(C)c(-c5cc(B(c6ccc(C)cc6C)c6c(C)cc(C)cc6C)ccc5C)c4)C=CC3)(c3ccc(S4(C5=CCC=CC=C5)c5ccccc5Cc5ccccc54)c(C)c3)CC12.CC.Cc1ccccc1. The van der Waals surface area contributed by atoms with Gasteiger partial charge in [0.25, 0.3) is 0 Å². The molecule has 2 fully saturated rings. The molecular formula is C84H89BS. The molecule has 3 atom stereocenters. The molecule has 0 amide bonds.